The first-order chi connectivity index (χ1) is 64.1. The van der Waals surface area contributed by atoms with Crippen LogP contribution in [0.1, 0.15) is 86.1 Å². The first-order valence-corrected chi connectivity index (χ1v) is 45.9. The van der Waals surface area contributed by atoms with Crippen molar-refractivity contribution >= 4 is 185 Å². The molecule has 0 spiro atoms. The second-order valence-electron chi connectivity index (χ2n) is 31.3. The minimum absolute atomic E-state index is 0.462. The van der Waals surface area contributed by atoms with Crippen LogP contribution < -0.4 is 14.7 Å². The van der Waals surface area contributed by atoms with E-state index in [2.05, 4.69) is 156 Å². The van der Waals surface area contributed by atoms with Gasteiger partial charge in [0.25, 0.3) is 0 Å². The molecular weight excluding hydrogens is 1710 g/mol. The van der Waals surface area contributed by atoms with E-state index in [1.165, 1.54) is 83.6 Å². The zero-order chi connectivity index (χ0) is 90.7. The van der Waals surface area contributed by atoms with Crippen LogP contribution in [0.3, 0.4) is 0 Å². The summed E-state index contributed by atoms with van der Waals surface area (Å²) < 4.78 is 0. The molecule has 2 aromatic heterocycles. The Bertz CT molecular complexity index is 6520. The fourth-order valence-electron chi connectivity index (χ4n) is 13.3. The zero-order valence-corrected chi connectivity index (χ0v) is 77.2. The minimum atomic E-state index is 0.462. The van der Waals surface area contributed by atoms with Crippen LogP contribution in [-0.2, 0) is 6.42 Å². The van der Waals surface area contributed by atoms with Crippen LogP contribution in [-0.4, -0.2) is 40.3 Å². The Morgan fingerprint density at radius 1 is 0.267 bits per heavy atom. The maximum absolute atomic E-state index is 6.43. The van der Waals surface area contributed by atoms with Crippen LogP contribution in [0.5, 0.6) is 0 Å². The fraction of sp³-hybridized carbons (Fsp3) is 0.192. The Morgan fingerprint density at radius 2 is 0.534 bits per heavy atom. The molecule has 0 unspecified atom stereocenters. The lowest BCUT2D eigenvalue weighted by Crippen LogP contribution is -2.28. The van der Waals surface area contributed by atoms with E-state index >= 15 is 0 Å². The summed E-state index contributed by atoms with van der Waals surface area (Å²) in [7, 11) is 4.00. The van der Waals surface area contributed by atoms with Gasteiger partial charge in [-0.05, 0) is 327 Å². The normalized spacial score (nSPS) is 13.1. The molecule has 13 aromatic carbocycles. The third-order valence-electron chi connectivity index (χ3n) is 20.8. The Morgan fingerprint density at radius 3 is 0.870 bits per heavy atom. The van der Waals surface area contributed by atoms with Gasteiger partial charge < -0.3 is 14.7 Å². The zero-order valence-electron chi connectivity index (χ0n) is 74.1. The maximum Gasteiger partial charge on any atom is 0.140 e. The molecule has 0 amide bonds. The number of hydrogen-bond donors (Lipinski definition) is 0. The monoisotopic (exact) mass is 1800 g/mol. The van der Waals surface area contributed by atoms with Crippen LogP contribution in [0.4, 0.5) is 128 Å². The highest BCUT2D eigenvalue weighted by atomic mass is 35.5. The van der Waals surface area contributed by atoms with E-state index in [0.29, 0.717) is 32.8 Å². The predicted molar refractivity (Wildman–Crippen MR) is 539 cm³/mol. The van der Waals surface area contributed by atoms with Crippen LogP contribution in [0.25, 0.3) is 10.8 Å². The van der Waals surface area contributed by atoms with Crippen molar-refractivity contribution in [3.8, 4) is 0 Å². The molecule has 2 aliphatic rings. The lowest BCUT2D eigenvalue weighted by atomic mass is 10.1. The van der Waals surface area contributed by atoms with Crippen molar-refractivity contribution in [2.24, 2.45) is 102 Å². The third kappa shape index (κ3) is 29.3. The number of rotatable bonds is 26. The molecule has 131 heavy (non-hydrogen) atoms. The van der Waals surface area contributed by atoms with Gasteiger partial charge in [0.1, 0.15) is 21.4 Å². The van der Waals surface area contributed by atoms with Gasteiger partial charge in [-0.3, -0.25) is 0 Å². The molecule has 0 bridgehead atoms. The van der Waals surface area contributed by atoms with Crippen LogP contribution in [0.2, 0.25) is 10.0 Å². The summed E-state index contributed by atoms with van der Waals surface area (Å²) in [6, 6.07) is 101. The lowest BCUT2D eigenvalue weighted by Gasteiger charge is -2.26. The first kappa shape index (κ1) is 92.7. The summed E-state index contributed by atoms with van der Waals surface area (Å²) >= 11 is 16.0. The van der Waals surface area contributed by atoms with Gasteiger partial charge in [0, 0.05) is 56.7 Å². The molecule has 656 valence electrons. The van der Waals surface area contributed by atoms with Gasteiger partial charge in [0.05, 0.1) is 111 Å². The van der Waals surface area contributed by atoms with Crippen molar-refractivity contribution in [1.29, 1.82) is 0 Å². The van der Waals surface area contributed by atoms with Crippen LogP contribution >= 0.6 is 45.9 Å². The number of halogens is 2. The summed E-state index contributed by atoms with van der Waals surface area (Å²) in [5.74, 6) is 0. The molecule has 0 N–H and O–H groups in total. The highest BCUT2D eigenvalue weighted by Crippen LogP contribution is 2.41. The van der Waals surface area contributed by atoms with Crippen molar-refractivity contribution in [3.63, 3.8) is 0 Å². The quantitative estimate of drug-likeness (QED) is 0.0480. The summed E-state index contributed by atoms with van der Waals surface area (Å²) in [5.41, 5.74) is 20.7. The van der Waals surface area contributed by atoms with Crippen molar-refractivity contribution in [1.82, 2.24) is 0 Å². The molecule has 23 nitrogen and oxygen atoms in total. The standard InChI is InChI=1S/C32H29N7S.C28H26ClN7S.C23H24N4.C21H20ClN5/c1-23-9-11-24(12-10-23)33-34-25-13-15-26(16-14-25)35-36-29-17-18-30(28-8-4-3-7-27(28)29)37-38-31-19-20-32(40-31)39-21-5-2-6-22-39;1-20-5-7-21(8-6-20)30-31-22-9-11-23(12-10-22)32-34-26-14-13-24(19-25(26)29)33-35-27-15-16-28(37-27)36-17-3-2-4-18-36;1-3-4-5-19-8-12-21(13-9-19)25-27-23-16-14-22(15-17-23)26-24-20-10-6-18(2)7-11-20;1-15-4-13-21(20(22)14-15)26-25-17-7-5-16(6-8-17)23-24-18-9-11-19(12-10-18)27(2)3/h3-4,7-20H,2,5-6,21-22H2,1H3;5-16,19H,2-4,17-18H2,1H3;6-17H,3-5H2,1-2H3;4-14H,1-3H3. The first-order valence-electron chi connectivity index (χ1n) is 43.5. The largest absolute Gasteiger partial charge is 0.378 e. The summed E-state index contributed by atoms with van der Waals surface area (Å²) in [4.78, 5) is 6.91. The number of anilines is 3. The number of hydrogen-bond acceptors (Lipinski definition) is 25. The van der Waals surface area contributed by atoms with Crippen molar-refractivity contribution in [3.05, 3.63) is 353 Å². The number of benzene rings is 13. The summed E-state index contributed by atoms with van der Waals surface area (Å²) in [6.07, 6.45) is 11.2. The Hall–Kier alpha value is -14.5. The van der Waals surface area contributed by atoms with Gasteiger partial charge in [0.15, 0.2) is 0 Å². The SMILES string of the molecule is CCCCc1ccc(N=Nc2ccc(N=Nc3ccc(C)cc3)cc2)cc1.Cc1ccc(N=Nc2ccc(N=Nc3ccc(N(C)C)cc3)cc2)c(Cl)c1.Cc1ccc(N=Nc2ccc(N=Nc3ccc(N=Nc4ccc(N5CCCCC5)s4)c4ccccc34)cc2)cc1.Cc1ccc(N=Nc2ccc(N=Nc3ccc(N=Nc4ccc(N5CCCCC5)s4)cc3Cl)cc2)cc1. The number of aryl methyl sites for hydroxylation is 5. The Labute approximate surface area is 782 Å². The van der Waals surface area contributed by atoms with E-state index in [0.717, 1.165) is 144 Å². The molecule has 17 rings (SSSR count). The number of unbranched alkanes of at least 4 members (excludes halogenated alkanes) is 1. The molecule has 0 atom stereocenters. The van der Waals surface area contributed by atoms with Crippen molar-refractivity contribution in [2.45, 2.75) is 92.4 Å². The summed E-state index contributed by atoms with van der Waals surface area (Å²) in [6.45, 7) is 14.8. The number of fused-ring (bicyclic) bond motifs is 1. The van der Waals surface area contributed by atoms with E-state index < -0.39 is 0 Å². The van der Waals surface area contributed by atoms with Gasteiger partial charge in [-0.1, -0.05) is 155 Å². The van der Waals surface area contributed by atoms with E-state index in [4.69, 9.17) is 23.2 Å². The molecular formula is C104H99Cl2N23S2. The highest BCUT2D eigenvalue weighted by Gasteiger charge is 2.16. The molecule has 2 fully saturated rings. The van der Waals surface area contributed by atoms with Crippen molar-refractivity contribution in [2.75, 3.05) is 55.0 Å². The van der Waals surface area contributed by atoms with Gasteiger partial charge >= 0.3 is 0 Å². The average molecular weight is 1810 g/mol. The third-order valence-corrected chi connectivity index (χ3v) is 23.4. The fourth-order valence-corrected chi connectivity index (χ4v) is 15.6. The lowest BCUT2D eigenvalue weighted by molar-refractivity contribution is 0.580. The van der Waals surface area contributed by atoms with Crippen molar-refractivity contribution < 1.29 is 0 Å². The molecule has 2 aliphatic heterocycles. The van der Waals surface area contributed by atoms with Gasteiger partial charge in [-0.25, -0.2) is 0 Å². The predicted octanol–water partition coefficient (Wildman–Crippen LogP) is 38.1. The van der Waals surface area contributed by atoms with Crippen LogP contribution in [0, 0.1) is 27.7 Å². The molecule has 27 heteroatoms. The van der Waals surface area contributed by atoms with Gasteiger partial charge in [-0.2, -0.15) is 66.5 Å². The molecule has 15 aromatic rings. The summed E-state index contributed by atoms with van der Waals surface area (Å²) in [5, 5.41) is 93.9. The molecule has 0 saturated carbocycles. The molecule has 2 saturated heterocycles. The smallest absolute Gasteiger partial charge is 0.140 e. The van der Waals surface area contributed by atoms with E-state index in [-0.39, 0.29) is 0 Å². The number of nitrogens with zero attached hydrogens (tertiary/aromatic N) is 23. The number of piperidine rings is 2. The topological polar surface area (TPSA) is 257 Å². The Balaban J connectivity index is 0.000000143. The van der Waals surface area contributed by atoms with E-state index in [1.54, 1.807) is 34.8 Å². The second kappa shape index (κ2) is 48.1. The van der Waals surface area contributed by atoms with Crippen LogP contribution in [0.15, 0.2) is 418 Å². The highest BCUT2D eigenvalue weighted by molar-refractivity contribution is 7.20. The molecule has 4 heterocycles. The minimum Gasteiger partial charge on any atom is -0.378 e. The molecule has 0 radical (unpaired) electrons. The molecule has 0 aliphatic carbocycles. The van der Waals surface area contributed by atoms with Gasteiger partial charge in [0.2, 0.25) is 0 Å². The van der Waals surface area contributed by atoms with E-state index in [9.17, 15) is 0 Å². The average Bonchev–Trinajstić information content (AvgIpc) is 1.48. The van der Waals surface area contributed by atoms with E-state index in [1.807, 2.05) is 313 Å². The number of azo groups is 10. The number of thiophene rings is 2. The van der Waals surface area contributed by atoms with Gasteiger partial charge in [-0.15, -0.1) is 35.8 Å². The maximum atomic E-state index is 6.43. The Kier molecular flexibility index (Phi) is 34.0. The second-order valence-corrected chi connectivity index (χ2v) is 34.2.